The van der Waals surface area contributed by atoms with Crippen molar-refractivity contribution in [3.8, 4) is 0 Å². The van der Waals surface area contributed by atoms with Gasteiger partial charge in [-0.05, 0) is 0 Å². The van der Waals surface area contributed by atoms with Crippen LogP contribution in [0.5, 0.6) is 0 Å². The van der Waals surface area contributed by atoms with Crippen LogP contribution in [0.1, 0.15) is 26.2 Å². The summed E-state index contributed by atoms with van der Waals surface area (Å²) in [5.74, 6) is -0.0354. The SMILES string of the molecule is COC(=O)C1(C/C=C(/C)I)CCC=[C]1[Sn]([CH3])([CH3])[CH3]. The van der Waals surface area contributed by atoms with Crippen molar-refractivity contribution in [3.05, 3.63) is 19.3 Å². The normalized spacial score (nSPS) is 25.0. The zero-order valence-electron chi connectivity index (χ0n) is 12.0. The minimum absolute atomic E-state index is 0.0354. The average Bonchev–Trinajstić information content (AvgIpc) is 2.70. The van der Waals surface area contributed by atoms with E-state index in [1.54, 1.807) is 0 Å². The van der Waals surface area contributed by atoms with E-state index in [0.29, 0.717) is 0 Å². The van der Waals surface area contributed by atoms with Crippen LogP contribution >= 0.6 is 22.6 Å². The van der Waals surface area contributed by atoms with Crippen LogP contribution in [-0.2, 0) is 9.53 Å². The number of hydrogen-bond acceptors (Lipinski definition) is 2. The molecule has 1 unspecified atom stereocenters. The van der Waals surface area contributed by atoms with Crippen molar-refractivity contribution in [2.75, 3.05) is 7.11 Å². The molecule has 0 radical (unpaired) electrons. The number of halogens is 1. The predicted molar refractivity (Wildman–Crippen MR) is 87.5 cm³/mol. The Morgan fingerprint density at radius 2 is 2.17 bits per heavy atom. The molecule has 1 aliphatic rings. The van der Waals surface area contributed by atoms with E-state index in [0.717, 1.165) is 19.3 Å². The predicted octanol–water partition coefficient (Wildman–Crippen LogP) is 4.47. The third-order valence-electron chi connectivity index (χ3n) is 3.55. The Kier molecular flexibility index (Phi) is 5.77. The topological polar surface area (TPSA) is 26.3 Å². The van der Waals surface area contributed by atoms with Crippen molar-refractivity contribution in [3.63, 3.8) is 0 Å². The summed E-state index contributed by atoms with van der Waals surface area (Å²) in [5, 5.41) is 0. The van der Waals surface area contributed by atoms with Gasteiger partial charge in [0.1, 0.15) is 0 Å². The summed E-state index contributed by atoms with van der Waals surface area (Å²) in [5.41, 5.74) is -0.352. The van der Waals surface area contributed by atoms with Crippen LogP contribution in [0.15, 0.2) is 19.3 Å². The molecule has 0 aromatic heterocycles. The summed E-state index contributed by atoms with van der Waals surface area (Å²) in [7, 11) is 1.51. The van der Waals surface area contributed by atoms with Crippen molar-refractivity contribution in [1.29, 1.82) is 0 Å². The molecule has 0 spiro atoms. The van der Waals surface area contributed by atoms with Crippen LogP contribution in [0.4, 0.5) is 0 Å². The van der Waals surface area contributed by atoms with Gasteiger partial charge in [-0.2, -0.15) is 0 Å². The maximum absolute atomic E-state index is 12.3. The molecule has 0 saturated heterocycles. The third kappa shape index (κ3) is 3.52. The van der Waals surface area contributed by atoms with E-state index >= 15 is 0 Å². The molecule has 0 saturated carbocycles. The molecule has 1 rings (SSSR count). The second-order valence-corrected chi connectivity index (χ2v) is 22.1. The molecule has 4 heteroatoms. The number of ether oxygens (including phenoxy) is 1. The molecular formula is C14H23IO2Sn. The first kappa shape index (κ1) is 16.5. The average molecular weight is 469 g/mol. The quantitative estimate of drug-likeness (QED) is 0.345. The van der Waals surface area contributed by atoms with Gasteiger partial charge >= 0.3 is 129 Å². The van der Waals surface area contributed by atoms with Crippen molar-refractivity contribution >= 4 is 46.9 Å². The summed E-state index contributed by atoms with van der Waals surface area (Å²) in [6.45, 7) is 2.07. The fraction of sp³-hybridized carbons (Fsp3) is 0.643. The van der Waals surface area contributed by atoms with E-state index in [1.807, 2.05) is 0 Å². The van der Waals surface area contributed by atoms with Gasteiger partial charge in [-0.1, -0.05) is 0 Å². The van der Waals surface area contributed by atoms with Crippen LogP contribution in [0.3, 0.4) is 0 Å². The number of methoxy groups -OCH3 is 1. The molecule has 0 amide bonds. The molecule has 0 aliphatic heterocycles. The molecule has 0 N–H and O–H groups in total. The van der Waals surface area contributed by atoms with E-state index in [2.05, 4.69) is 56.5 Å². The van der Waals surface area contributed by atoms with Crippen molar-refractivity contribution in [1.82, 2.24) is 0 Å². The van der Waals surface area contributed by atoms with Crippen molar-refractivity contribution in [2.45, 2.75) is 41.0 Å². The van der Waals surface area contributed by atoms with E-state index in [4.69, 9.17) is 4.74 Å². The van der Waals surface area contributed by atoms with Gasteiger partial charge in [0.05, 0.1) is 0 Å². The van der Waals surface area contributed by atoms with Gasteiger partial charge in [0, 0.05) is 0 Å². The molecule has 0 bridgehead atoms. The molecule has 0 aromatic rings. The summed E-state index contributed by atoms with van der Waals surface area (Å²) < 4.78 is 7.80. The molecule has 2 nitrogen and oxygen atoms in total. The van der Waals surface area contributed by atoms with Gasteiger partial charge in [0.25, 0.3) is 0 Å². The molecular weight excluding hydrogens is 446 g/mol. The molecule has 102 valence electrons. The number of esters is 1. The van der Waals surface area contributed by atoms with Crippen molar-refractivity contribution in [2.24, 2.45) is 5.41 Å². The number of allylic oxidation sites excluding steroid dienone is 3. The van der Waals surface area contributed by atoms with E-state index in [-0.39, 0.29) is 11.4 Å². The Hall–Kier alpha value is 0.479. The molecule has 18 heavy (non-hydrogen) atoms. The molecule has 0 heterocycles. The van der Waals surface area contributed by atoms with Crippen LogP contribution in [0.2, 0.25) is 14.8 Å². The van der Waals surface area contributed by atoms with Crippen LogP contribution in [-0.4, -0.2) is 31.5 Å². The number of hydrogen-bond donors (Lipinski definition) is 0. The Bertz CT molecular complexity index is 389. The van der Waals surface area contributed by atoms with Gasteiger partial charge in [0.2, 0.25) is 0 Å². The zero-order chi connectivity index (χ0) is 14.0. The van der Waals surface area contributed by atoms with Crippen LogP contribution in [0.25, 0.3) is 0 Å². The second kappa shape index (κ2) is 6.29. The maximum atomic E-state index is 12.3. The zero-order valence-corrected chi connectivity index (χ0v) is 17.0. The van der Waals surface area contributed by atoms with Gasteiger partial charge in [0.15, 0.2) is 0 Å². The van der Waals surface area contributed by atoms with Gasteiger partial charge in [-0.15, -0.1) is 0 Å². The van der Waals surface area contributed by atoms with Gasteiger partial charge < -0.3 is 0 Å². The Morgan fingerprint density at radius 3 is 2.61 bits per heavy atom. The molecule has 0 aromatic carbocycles. The second-order valence-electron chi connectivity index (χ2n) is 5.98. The van der Waals surface area contributed by atoms with E-state index < -0.39 is 18.4 Å². The summed E-state index contributed by atoms with van der Waals surface area (Å²) in [6, 6.07) is 0. The van der Waals surface area contributed by atoms with Crippen LogP contribution in [0, 0.1) is 5.41 Å². The number of rotatable bonds is 4. The van der Waals surface area contributed by atoms with Crippen molar-refractivity contribution < 1.29 is 9.53 Å². The number of carbonyl (C=O) groups is 1. The Morgan fingerprint density at radius 1 is 1.56 bits per heavy atom. The minimum atomic E-state index is -2.25. The fourth-order valence-corrected chi connectivity index (χ4v) is 10.3. The standard InChI is InChI=1S/C11H14IO2.3CH3.Sn/c1-9(12)5-8-11(10(13)14-2)6-3-4-7-11;;;;/h3,5H,4,7-8H2,1-2H3;3*1H3;/b9-5-;;;;. The fourth-order valence-electron chi connectivity index (χ4n) is 2.83. The Labute approximate surface area is 128 Å². The third-order valence-corrected chi connectivity index (χ3v) is 10.6. The first-order chi connectivity index (χ1) is 8.24. The first-order valence-electron chi connectivity index (χ1n) is 6.36. The molecule has 0 fully saturated rings. The summed E-state index contributed by atoms with van der Waals surface area (Å²) in [4.78, 5) is 19.5. The molecule has 1 atom stereocenters. The summed E-state index contributed by atoms with van der Waals surface area (Å²) >= 11 is 0.0589. The van der Waals surface area contributed by atoms with Gasteiger partial charge in [-0.3, -0.25) is 0 Å². The molecule has 1 aliphatic carbocycles. The van der Waals surface area contributed by atoms with E-state index in [1.165, 1.54) is 14.3 Å². The van der Waals surface area contributed by atoms with Crippen LogP contribution < -0.4 is 0 Å². The summed E-state index contributed by atoms with van der Waals surface area (Å²) in [6.07, 6.45) is 7.24. The monoisotopic (exact) mass is 470 g/mol. The van der Waals surface area contributed by atoms with Gasteiger partial charge in [-0.25, -0.2) is 0 Å². The Balaban J connectivity index is 3.18. The number of carbonyl (C=O) groups excluding carboxylic acids is 1. The van der Waals surface area contributed by atoms with E-state index in [9.17, 15) is 4.79 Å². The first-order valence-corrected chi connectivity index (χ1v) is 17.4.